The molecule has 0 atom stereocenters. The molecule has 5 nitrogen and oxygen atoms in total. The van der Waals surface area contributed by atoms with E-state index in [1.165, 1.54) is 30.5 Å². The summed E-state index contributed by atoms with van der Waals surface area (Å²) in [5, 5.41) is 11.6. The molecule has 0 aliphatic carbocycles. The Balaban J connectivity index is 2.18. The van der Waals surface area contributed by atoms with Gasteiger partial charge in [-0.2, -0.15) is 0 Å². The number of carbonyl (C=O) groups is 1. The summed E-state index contributed by atoms with van der Waals surface area (Å²) in [5.41, 5.74) is 0.294. The first kappa shape index (κ1) is 14.6. The number of carboxylic acids is 1. The maximum Gasteiger partial charge on any atom is 0.573 e. The zero-order valence-corrected chi connectivity index (χ0v) is 10.4. The number of hydrogen-bond donors (Lipinski definition) is 2. The zero-order valence-electron chi connectivity index (χ0n) is 10.4. The average molecular weight is 298 g/mol. The fourth-order valence-electron chi connectivity index (χ4n) is 1.55. The van der Waals surface area contributed by atoms with Crippen molar-refractivity contribution in [2.75, 3.05) is 5.32 Å². The Kier molecular flexibility index (Phi) is 3.97. The summed E-state index contributed by atoms with van der Waals surface area (Å²) in [4.78, 5) is 14.7. The van der Waals surface area contributed by atoms with Gasteiger partial charge in [-0.15, -0.1) is 13.2 Å². The van der Waals surface area contributed by atoms with Gasteiger partial charge in [-0.25, -0.2) is 9.78 Å². The van der Waals surface area contributed by atoms with Crippen molar-refractivity contribution < 1.29 is 27.8 Å². The minimum absolute atomic E-state index is 0.00944. The summed E-state index contributed by atoms with van der Waals surface area (Å²) in [5.74, 6) is -1.32. The second kappa shape index (κ2) is 5.70. The molecule has 0 unspecified atom stereocenters. The van der Waals surface area contributed by atoms with Crippen molar-refractivity contribution in [2.45, 2.75) is 6.36 Å². The van der Waals surface area contributed by atoms with E-state index in [1.807, 2.05) is 0 Å². The molecule has 8 heteroatoms. The lowest BCUT2D eigenvalue weighted by molar-refractivity contribution is -0.274. The summed E-state index contributed by atoms with van der Waals surface area (Å²) < 4.78 is 40.2. The van der Waals surface area contributed by atoms with Crippen molar-refractivity contribution in [1.82, 2.24) is 4.98 Å². The third-order valence-corrected chi connectivity index (χ3v) is 2.35. The predicted octanol–water partition coefficient (Wildman–Crippen LogP) is 3.42. The van der Waals surface area contributed by atoms with Gasteiger partial charge in [-0.3, -0.25) is 0 Å². The SMILES string of the molecule is O=C(O)c1ccnc(Nc2cccc(OC(F)(F)F)c2)c1. The molecule has 110 valence electrons. The number of nitrogens with zero attached hydrogens (tertiary/aromatic N) is 1. The van der Waals surface area contributed by atoms with Gasteiger partial charge >= 0.3 is 12.3 Å². The van der Waals surface area contributed by atoms with Crippen LogP contribution in [0.4, 0.5) is 24.7 Å². The Bertz CT molecular complexity index is 659. The Morgan fingerprint density at radius 2 is 2.00 bits per heavy atom. The van der Waals surface area contributed by atoms with Gasteiger partial charge < -0.3 is 15.2 Å². The molecule has 2 N–H and O–H groups in total. The van der Waals surface area contributed by atoms with Gasteiger partial charge in [-0.05, 0) is 24.3 Å². The van der Waals surface area contributed by atoms with Crippen molar-refractivity contribution >= 4 is 17.5 Å². The van der Waals surface area contributed by atoms with E-state index in [0.29, 0.717) is 0 Å². The van der Waals surface area contributed by atoms with Crippen LogP contribution in [-0.2, 0) is 0 Å². The number of nitrogens with one attached hydrogen (secondary N) is 1. The monoisotopic (exact) mass is 298 g/mol. The molecule has 2 aromatic rings. The number of aromatic carboxylic acids is 1. The minimum atomic E-state index is -4.78. The number of anilines is 2. The van der Waals surface area contributed by atoms with Gasteiger partial charge in [0, 0.05) is 18.0 Å². The maximum absolute atomic E-state index is 12.1. The van der Waals surface area contributed by atoms with Crippen LogP contribution in [0.3, 0.4) is 0 Å². The van der Waals surface area contributed by atoms with E-state index in [0.717, 1.165) is 12.1 Å². The number of pyridine rings is 1. The highest BCUT2D eigenvalue weighted by atomic mass is 19.4. The maximum atomic E-state index is 12.1. The lowest BCUT2D eigenvalue weighted by Gasteiger charge is -2.11. The highest BCUT2D eigenvalue weighted by molar-refractivity contribution is 5.88. The molecule has 0 amide bonds. The van der Waals surface area contributed by atoms with Crippen molar-refractivity contribution in [2.24, 2.45) is 0 Å². The third kappa shape index (κ3) is 4.37. The Morgan fingerprint density at radius 3 is 2.67 bits per heavy atom. The van der Waals surface area contributed by atoms with Crippen LogP contribution in [0.2, 0.25) is 0 Å². The summed E-state index contributed by atoms with van der Waals surface area (Å²) in [6.07, 6.45) is -3.50. The number of hydrogen-bond acceptors (Lipinski definition) is 4. The molecule has 0 aliphatic rings. The van der Waals surface area contributed by atoms with E-state index >= 15 is 0 Å². The molecule has 0 saturated carbocycles. The van der Waals surface area contributed by atoms with Gasteiger partial charge in [0.15, 0.2) is 0 Å². The van der Waals surface area contributed by atoms with Gasteiger partial charge in [-0.1, -0.05) is 6.07 Å². The largest absolute Gasteiger partial charge is 0.573 e. The predicted molar refractivity (Wildman–Crippen MR) is 67.6 cm³/mol. The van der Waals surface area contributed by atoms with Gasteiger partial charge in [0.25, 0.3) is 0 Å². The normalized spacial score (nSPS) is 11.0. The molecule has 0 saturated heterocycles. The lowest BCUT2D eigenvalue weighted by atomic mass is 10.2. The smallest absolute Gasteiger partial charge is 0.478 e. The summed E-state index contributed by atoms with van der Waals surface area (Å²) in [7, 11) is 0. The van der Waals surface area contributed by atoms with E-state index in [-0.39, 0.29) is 22.8 Å². The van der Waals surface area contributed by atoms with Crippen LogP contribution in [0.1, 0.15) is 10.4 Å². The first-order chi connectivity index (χ1) is 9.83. The molecule has 1 aromatic heterocycles. The standard InChI is InChI=1S/C13H9F3N2O3/c14-13(15,16)21-10-3-1-2-9(7-10)18-11-6-8(12(19)20)4-5-17-11/h1-7H,(H,17,18)(H,19,20). The van der Waals surface area contributed by atoms with Crippen LogP contribution < -0.4 is 10.1 Å². The summed E-state index contributed by atoms with van der Waals surface area (Å²) >= 11 is 0. The van der Waals surface area contributed by atoms with E-state index in [9.17, 15) is 18.0 Å². The van der Waals surface area contributed by atoms with Gasteiger partial charge in [0.2, 0.25) is 0 Å². The first-order valence-corrected chi connectivity index (χ1v) is 5.66. The Labute approximate surface area is 117 Å². The molecular weight excluding hydrogens is 289 g/mol. The molecule has 0 aliphatic heterocycles. The van der Waals surface area contributed by atoms with E-state index in [2.05, 4.69) is 15.0 Å². The topological polar surface area (TPSA) is 71.5 Å². The van der Waals surface area contributed by atoms with Gasteiger partial charge in [0.1, 0.15) is 11.6 Å². The van der Waals surface area contributed by atoms with Crippen LogP contribution in [-0.4, -0.2) is 22.4 Å². The van der Waals surface area contributed by atoms with Gasteiger partial charge in [0.05, 0.1) is 5.56 Å². The number of rotatable bonds is 4. The highest BCUT2D eigenvalue weighted by Gasteiger charge is 2.31. The summed E-state index contributed by atoms with van der Waals surface area (Å²) in [6.45, 7) is 0. The van der Waals surface area contributed by atoms with Crippen molar-refractivity contribution in [3.63, 3.8) is 0 Å². The van der Waals surface area contributed by atoms with Crippen molar-refractivity contribution in [3.05, 3.63) is 48.2 Å². The fourth-order valence-corrected chi connectivity index (χ4v) is 1.55. The number of benzene rings is 1. The Hall–Kier alpha value is -2.77. The van der Waals surface area contributed by atoms with Crippen LogP contribution in [0, 0.1) is 0 Å². The molecule has 0 fully saturated rings. The van der Waals surface area contributed by atoms with E-state index in [1.54, 1.807) is 0 Å². The van der Waals surface area contributed by atoms with Crippen molar-refractivity contribution in [1.29, 1.82) is 0 Å². The molecule has 0 radical (unpaired) electrons. The fraction of sp³-hybridized carbons (Fsp3) is 0.0769. The van der Waals surface area contributed by atoms with E-state index in [4.69, 9.17) is 5.11 Å². The molecule has 2 rings (SSSR count). The number of ether oxygens (including phenoxy) is 1. The lowest BCUT2D eigenvalue weighted by Crippen LogP contribution is -2.17. The second-order valence-electron chi connectivity index (χ2n) is 3.94. The molecule has 1 aromatic carbocycles. The number of alkyl halides is 3. The molecule has 1 heterocycles. The highest BCUT2D eigenvalue weighted by Crippen LogP contribution is 2.26. The number of aromatic nitrogens is 1. The third-order valence-electron chi connectivity index (χ3n) is 2.35. The Morgan fingerprint density at radius 1 is 1.24 bits per heavy atom. The van der Waals surface area contributed by atoms with Crippen LogP contribution in [0.25, 0.3) is 0 Å². The average Bonchev–Trinajstić information content (AvgIpc) is 2.37. The number of halogens is 3. The first-order valence-electron chi connectivity index (χ1n) is 5.66. The number of carboxylic acid groups (broad SMARTS) is 1. The quantitative estimate of drug-likeness (QED) is 0.905. The molecule has 21 heavy (non-hydrogen) atoms. The van der Waals surface area contributed by atoms with Crippen LogP contribution in [0.15, 0.2) is 42.6 Å². The van der Waals surface area contributed by atoms with Crippen LogP contribution in [0.5, 0.6) is 5.75 Å². The minimum Gasteiger partial charge on any atom is -0.478 e. The van der Waals surface area contributed by atoms with E-state index < -0.39 is 12.3 Å². The molecule has 0 bridgehead atoms. The molecule has 0 spiro atoms. The molecular formula is C13H9F3N2O3. The zero-order chi connectivity index (χ0) is 15.5. The van der Waals surface area contributed by atoms with Crippen molar-refractivity contribution in [3.8, 4) is 5.75 Å². The second-order valence-corrected chi connectivity index (χ2v) is 3.94. The summed E-state index contributed by atoms with van der Waals surface area (Å²) in [6, 6.07) is 7.71. The van der Waals surface area contributed by atoms with Crippen LogP contribution >= 0.6 is 0 Å².